The molecule has 4 aromatic rings. The van der Waals surface area contributed by atoms with Gasteiger partial charge in [0.1, 0.15) is 5.82 Å². The van der Waals surface area contributed by atoms with Crippen molar-refractivity contribution >= 4 is 27.7 Å². The molecule has 0 aliphatic heterocycles. The number of aromatic nitrogens is 4. The van der Waals surface area contributed by atoms with Crippen molar-refractivity contribution in [3.63, 3.8) is 0 Å². The number of hydrogen-bond donors (Lipinski definition) is 2. The number of nitrogens with zero attached hydrogens (tertiary/aromatic N) is 3. The molecule has 1 aliphatic carbocycles. The molecule has 1 aliphatic rings. The Hall–Kier alpha value is -3.48. The van der Waals surface area contributed by atoms with Gasteiger partial charge in [0, 0.05) is 17.0 Å². The van der Waals surface area contributed by atoms with Crippen LogP contribution in [0.25, 0.3) is 21.8 Å². The molecule has 2 heterocycles. The highest BCUT2D eigenvalue weighted by molar-refractivity contribution is 5.97. The summed E-state index contributed by atoms with van der Waals surface area (Å²) in [5, 5.41) is 10.8. The molecule has 0 spiro atoms. The molecule has 2 aromatic heterocycles. The van der Waals surface area contributed by atoms with E-state index in [2.05, 4.69) is 25.1 Å². The van der Waals surface area contributed by atoms with Gasteiger partial charge in [0.2, 0.25) is 0 Å². The summed E-state index contributed by atoms with van der Waals surface area (Å²) < 4.78 is 2.26. The zero-order valence-corrected chi connectivity index (χ0v) is 15.4. The van der Waals surface area contributed by atoms with E-state index < -0.39 is 0 Å². The number of fused-ring (bicyclic) bond motifs is 2. The normalized spacial score (nSPS) is 13.9. The van der Waals surface area contributed by atoms with E-state index >= 15 is 0 Å². The van der Waals surface area contributed by atoms with Crippen LogP contribution in [0.1, 0.15) is 40.8 Å². The number of hydrogen-bond acceptors (Lipinski definition) is 4. The first-order valence-electron chi connectivity index (χ1n) is 9.35. The van der Waals surface area contributed by atoms with Crippen LogP contribution in [0.5, 0.6) is 0 Å². The molecule has 0 bridgehead atoms. The van der Waals surface area contributed by atoms with Crippen molar-refractivity contribution in [2.24, 2.45) is 0 Å². The van der Waals surface area contributed by atoms with Crippen molar-refractivity contribution in [2.75, 3.05) is 0 Å². The summed E-state index contributed by atoms with van der Waals surface area (Å²) in [6, 6.07) is 13.4. The topological polar surface area (TPSA) is 92.7 Å². The maximum absolute atomic E-state index is 12.7. The molecule has 140 valence electrons. The summed E-state index contributed by atoms with van der Waals surface area (Å²) in [7, 11) is 0. The molecule has 1 amide bonds. The van der Waals surface area contributed by atoms with Crippen molar-refractivity contribution in [3.05, 3.63) is 69.9 Å². The summed E-state index contributed by atoms with van der Waals surface area (Å²) in [6.07, 6.45) is 2.38. The maximum Gasteiger partial charge on any atom is 0.272 e. The van der Waals surface area contributed by atoms with Crippen molar-refractivity contribution in [3.8, 4) is 0 Å². The van der Waals surface area contributed by atoms with Crippen molar-refractivity contribution in [2.45, 2.75) is 32.4 Å². The van der Waals surface area contributed by atoms with Crippen LogP contribution >= 0.6 is 0 Å². The Morgan fingerprint density at radius 1 is 1.21 bits per heavy atom. The van der Waals surface area contributed by atoms with Crippen LogP contribution in [0.2, 0.25) is 0 Å². The average Bonchev–Trinajstić information content (AvgIpc) is 3.48. The van der Waals surface area contributed by atoms with Crippen LogP contribution in [0, 0.1) is 6.92 Å². The first kappa shape index (κ1) is 16.7. The number of imidazole rings is 1. The number of carbonyl (C=O) groups excluding carboxylic acids is 1. The zero-order valence-electron chi connectivity index (χ0n) is 15.4. The van der Waals surface area contributed by atoms with E-state index in [1.807, 2.05) is 37.3 Å². The van der Waals surface area contributed by atoms with E-state index in [4.69, 9.17) is 0 Å². The number of nitrogens with one attached hydrogen (secondary N) is 2. The highest BCUT2D eigenvalue weighted by Crippen LogP contribution is 2.38. The van der Waals surface area contributed by atoms with Crippen LogP contribution in [0.3, 0.4) is 0 Å². The molecular weight excluding hydrogens is 354 g/mol. The minimum Gasteiger partial charge on any atom is -0.346 e. The first-order valence-corrected chi connectivity index (χ1v) is 9.35. The molecule has 0 unspecified atom stereocenters. The minimum absolute atomic E-state index is 0.197. The lowest BCUT2D eigenvalue weighted by molar-refractivity contribution is 0.0950. The van der Waals surface area contributed by atoms with Gasteiger partial charge in [-0.2, -0.15) is 5.10 Å². The summed E-state index contributed by atoms with van der Waals surface area (Å²) in [5.41, 5.74) is 2.85. The second-order valence-electron chi connectivity index (χ2n) is 7.19. The fourth-order valence-corrected chi connectivity index (χ4v) is 3.73. The number of amides is 1. The monoisotopic (exact) mass is 373 g/mol. The molecule has 1 fully saturated rings. The van der Waals surface area contributed by atoms with E-state index in [-0.39, 0.29) is 18.0 Å². The van der Waals surface area contributed by atoms with E-state index in [1.54, 1.807) is 12.1 Å². The SMILES string of the molecule is Cc1nc2cc(C(=O)NCc3n[nH]c(=O)c4ccccc34)ccc2n1C1CC1. The average molecular weight is 373 g/mol. The zero-order chi connectivity index (χ0) is 19.3. The predicted octanol–water partition coefficient (Wildman–Crippen LogP) is 2.85. The smallest absolute Gasteiger partial charge is 0.272 e. The molecule has 0 saturated heterocycles. The highest BCUT2D eigenvalue weighted by atomic mass is 16.1. The third-order valence-electron chi connectivity index (χ3n) is 5.23. The summed E-state index contributed by atoms with van der Waals surface area (Å²) >= 11 is 0. The summed E-state index contributed by atoms with van der Waals surface area (Å²) in [6.45, 7) is 2.23. The lowest BCUT2D eigenvalue weighted by Gasteiger charge is -2.08. The lowest BCUT2D eigenvalue weighted by atomic mass is 10.1. The number of aromatic amines is 1. The second kappa shape index (κ2) is 6.30. The Morgan fingerprint density at radius 2 is 2.00 bits per heavy atom. The van der Waals surface area contributed by atoms with Crippen molar-refractivity contribution in [1.82, 2.24) is 25.1 Å². The molecule has 2 N–H and O–H groups in total. The summed E-state index contributed by atoms with van der Waals surface area (Å²) in [4.78, 5) is 29.2. The maximum atomic E-state index is 12.7. The Balaban J connectivity index is 1.40. The largest absolute Gasteiger partial charge is 0.346 e. The number of rotatable bonds is 4. The number of carbonyl (C=O) groups is 1. The predicted molar refractivity (Wildman–Crippen MR) is 106 cm³/mol. The third-order valence-corrected chi connectivity index (χ3v) is 5.23. The Labute approximate surface area is 160 Å². The lowest BCUT2D eigenvalue weighted by Crippen LogP contribution is -2.24. The Kier molecular flexibility index (Phi) is 3.75. The van der Waals surface area contributed by atoms with Crippen LogP contribution < -0.4 is 10.9 Å². The molecule has 7 nitrogen and oxygen atoms in total. The molecular formula is C21H19N5O2. The first-order chi connectivity index (χ1) is 13.6. The third kappa shape index (κ3) is 2.76. The highest BCUT2D eigenvalue weighted by Gasteiger charge is 2.27. The van der Waals surface area contributed by atoms with Gasteiger partial charge in [0.25, 0.3) is 11.5 Å². The van der Waals surface area contributed by atoms with Crippen LogP contribution in [-0.4, -0.2) is 25.7 Å². The van der Waals surface area contributed by atoms with Gasteiger partial charge in [-0.05, 0) is 44.0 Å². The van der Waals surface area contributed by atoms with Gasteiger partial charge >= 0.3 is 0 Å². The number of H-pyrrole nitrogens is 1. The molecule has 0 atom stereocenters. The van der Waals surface area contributed by atoms with Crippen LogP contribution in [0.4, 0.5) is 0 Å². The molecule has 1 saturated carbocycles. The van der Waals surface area contributed by atoms with Gasteiger partial charge in [-0.15, -0.1) is 0 Å². The van der Waals surface area contributed by atoms with Crippen LogP contribution in [0.15, 0.2) is 47.3 Å². The fraction of sp³-hybridized carbons (Fsp3) is 0.238. The second-order valence-corrected chi connectivity index (χ2v) is 7.19. The van der Waals surface area contributed by atoms with Gasteiger partial charge in [-0.25, -0.2) is 10.1 Å². The van der Waals surface area contributed by atoms with Crippen LogP contribution in [-0.2, 0) is 6.54 Å². The molecule has 28 heavy (non-hydrogen) atoms. The minimum atomic E-state index is -0.238. The van der Waals surface area contributed by atoms with Gasteiger partial charge in [-0.3, -0.25) is 9.59 Å². The van der Waals surface area contributed by atoms with E-state index in [9.17, 15) is 9.59 Å². The Bertz CT molecular complexity index is 1280. The number of aryl methyl sites for hydroxylation is 1. The van der Waals surface area contributed by atoms with Gasteiger partial charge in [-0.1, -0.05) is 18.2 Å². The van der Waals surface area contributed by atoms with Gasteiger partial charge < -0.3 is 9.88 Å². The molecule has 7 heteroatoms. The van der Waals surface area contributed by atoms with Gasteiger partial charge in [0.05, 0.1) is 28.7 Å². The van der Waals surface area contributed by atoms with E-state index in [0.717, 1.165) is 22.2 Å². The van der Waals surface area contributed by atoms with E-state index in [0.29, 0.717) is 22.7 Å². The fourth-order valence-electron chi connectivity index (χ4n) is 3.73. The summed E-state index contributed by atoms with van der Waals surface area (Å²) in [5.74, 6) is 0.788. The molecule has 5 rings (SSSR count). The van der Waals surface area contributed by atoms with Crippen molar-refractivity contribution in [1.29, 1.82) is 0 Å². The molecule has 0 radical (unpaired) electrons. The van der Waals surface area contributed by atoms with E-state index in [1.165, 1.54) is 12.8 Å². The Morgan fingerprint density at radius 3 is 2.79 bits per heavy atom. The molecule has 2 aromatic carbocycles. The standard InChI is InChI=1S/C21H19N5O2/c1-12-23-17-10-13(6-9-19(17)26(12)14-7-8-14)20(27)22-11-18-15-4-2-3-5-16(15)21(28)25-24-18/h2-6,9-10,14H,7-8,11H2,1H3,(H,22,27)(H,25,28). The van der Waals surface area contributed by atoms with Crippen molar-refractivity contribution < 1.29 is 4.79 Å². The quantitative estimate of drug-likeness (QED) is 0.575. The van der Waals surface area contributed by atoms with Gasteiger partial charge in [0.15, 0.2) is 0 Å². The number of benzene rings is 2.